The zero-order valence-electron chi connectivity index (χ0n) is 10.9. The van der Waals surface area contributed by atoms with Crippen LogP contribution < -0.4 is 4.74 Å². The summed E-state index contributed by atoms with van der Waals surface area (Å²) >= 11 is 0. The Bertz CT molecular complexity index is 557. The smallest absolute Gasteiger partial charge is 0.141 e. The van der Waals surface area contributed by atoms with Crippen LogP contribution in [0.4, 0.5) is 4.39 Å². The number of nitrogens with zero attached hydrogens (tertiary/aromatic N) is 1. The number of aliphatic hydroxyl groups excluding tert-OH is 1. The van der Waals surface area contributed by atoms with Gasteiger partial charge in [0, 0.05) is 11.8 Å². The Kier molecular flexibility index (Phi) is 4.12. The number of halogens is 1. The molecule has 19 heavy (non-hydrogen) atoms. The van der Waals surface area contributed by atoms with E-state index in [0.717, 1.165) is 6.20 Å². The van der Waals surface area contributed by atoms with Crippen molar-refractivity contribution in [2.45, 2.75) is 26.1 Å². The standard InChI is InChI=1S/C15H16FNO2/c1-10(2)19-14-5-3-4-11(7-14)15(18)12-6-13(16)9-17-8-12/h3-10,15,18H,1-2H3. The first-order valence-electron chi connectivity index (χ1n) is 6.11. The lowest BCUT2D eigenvalue weighted by molar-refractivity contribution is 0.215. The van der Waals surface area contributed by atoms with Gasteiger partial charge < -0.3 is 9.84 Å². The molecule has 0 amide bonds. The molecule has 0 bridgehead atoms. The van der Waals surface area contributed by atoms with E-state index in [0.29, 0.717) is 16.9 Å². The second-order valence-corrected chi connectivity index (χ2v) is 4.58. The molecule has 1 aromatic heterocycles. The maximum absolute atomic E-state index is 13.1. The van der Waals surface area contributed by atoms with Crippen molar-refractivity contribution in [2.75, 3.05) is 0 Å². The van der Waals surface area contributed by atoms with Gasteiger partial charge in [-0.05, 0) is 37.6 Å². The molecule has 0 aliphatic heterocycles. The maximum atomic E-state index is 13.1. The molecule has 1 unspecified atom stereocenters. The molecule has 0 fully saturated rings. The summed E-state index contributed by atoms with van der Waals surface area (Å²) in [7, 11) is 0. The number of aromatic nitrogens is 1. The average Bonchev–Trinajstić information content (AvgIpc) is 2.37. The fraction of sp³-hybridized carbons (Fsp3) is 0.267. The molecule has 0 aliphatic carbocycles. The number of hydrogen-bond acceptors (Lipinski definition) is 3. The summed E-state index contributed by atoms with van der Waals surface area (Å²) in [6.45, 7) is 3.86. The van der Waals surface area contributed by atoms with Crippen LogP contribution in [-0.2, 0) is 0 Å². The van der Waals surface area contributed by atoms with E-state index < -0.39 is 11.9 Å². The summed E-state index contributed by atoms with van der Waals surface area (Å²) in [6.07, 6.45) is 1.69. The van der Waals surface area contributed by atoms with E-state index in [1.54, 1.807) is 18.2 Å². The Labute approximate surface area is 111 Å². The predicted octanol–water partition coefficient (Wildman–Crippen LogP) is 3.09. The number of hydrogen-bond donors (Lipinski definition) is 1. The third-order valence-corrected chi connectivity index (χ3v) is 2.59. The second kappa shape index (κ2) is 5.80. The van der Waals surface area contributed by atoms with Gasteiger partial charge in [-0.1, -0.05) is 12.1 Å². The van der Waals surface area contributed by atoms with Crippen LogP contribution in [0.15, 0.2) is 42.7 Å². The van der Waals surface area contributed by atoms with Gasteiger partial charge in [-0.2, -0.15) is 0 Å². The van der Waals surface area contributed by atoms with Crippen LogP contribution in [-0.4, -0.2) is 16.2 Å². The normalized spacial score (nSPS) is 12.5. The van der Waals surface area contributed by atoms with Gasteiger partial charge in [0.25, 0.3) is 0 Å². The molecule has 0 saturated heterocycles. The number of ether oxygens (including phenoxy) is 1. The summed E-state index contributed by atoms with van der Waals surface area (Å²) in [5.41, 5.74) is 1.06. The maximum Gasteiger partial charge on any atom is 0.141 e. The van der Waals surface area contributed by atoms with E-state index in [1.165, 1.54) is 12.3 Å². The van der Waals surface area contributed by atoms with Crippen molar-refractivity contribution < 1.29 is 14.2 Å². The van der Waals surface area contributed by atoms with Gasteiger partial charge in [0.05, 0.1) is 12.3 Å². The van der Waals surface area contributed by atoms with Crippen LogP contribution in [0.25, 0.3) is 0 Å². The first-order chi connectivity index (χ1) is 9.06. The molecule has 2 rings (SSSR count). The molecule has 4 heteroatoms. The molecule has 1 N–H and O–H groups in total. The van der Waals surface area contributed by atoms with Crippen molar-refractivity contribution in [3.05, 3.63) is 59.7 Å². The monoisotopic (exact) mass is 261 g/mol. The highest BCUT2D eigenvalue weighted by Crippen LogP contribution is 2.25. The number of pyridine rings is 1. The fourth-order valence-electron chi connectivity index (χ4n) is 1.80. The van der Waals surface area contributed by atoms with Crippen LogP contribution >= 0.6 is 0 Å². The Balaban J connectivity index is 2.26. The first-order valence-corrected chi connectivity index (χ1v) is 6.11. The fourth-order valence-corrected chi connectivity index (χ4v) is 1.80. The van der Waals surface area contributed by atoms with Gasteiger partial charge >= 0.3 is 0 Å². The first kappa shape index (κ1) is 13.5. The Morgan fingerprint density at radius 1 is 1.16 bits per heavy atom. The topological polar surface area (TPSA) is 42.4 Å². The lowest BCUT2D eigenvalue weighted by Gasteiger charge is -2.14. The van der Waals surface area contributed by atoms with Gasteiger partial charge in [0.15, 0.2) is 0 Å². The summed E-state index contributed by atoms with van der Waals surface area (Å²) in [5, 5.41) is 10.2. The molecular weight excluding hydrogens is 245 g/mol. The minimum absolute atomic E-state index is 0.0585. The van der Waals surface area contributed by atoms with E-state index >= 15 is 0 Å². The molecule has 100 valence electrons. The molecule has 0 radical (unpaired) electrons. The van der Waals surface area contributed by atoms with Crippen molar-refractivity contribution in [1.29, 1.82) is 0 Å². The molecule has 2 aromatic rings. The van der Waals surface area contributed by atoms with Gasteiger partial charge in [-0.15, -0.1) is 0 Å². The molecule has 1 heterocycles. The van der Waals surface area contributed by atoms with Crippen molar-refractivity contribution >= 4 is 0 Å². The van der Waals surface area contributed by atoms with Crippen molar-refractivity contribution in [2.24, 2.45) is 0 Å². The van der Waals surface area contributed by atoms with E-state index in [2.05, 4.69) is 4.98 Å². The van der Waals surface area contributed by atoms with Gasteiger partial charge in [-0.3, -0.25) is 4.98 Å². The minimum Gasteiger partial charge on any atom is -0.491 e. The molecule has 1 aromatic carbocycles. The third kappa shape index (κ3) is 3.51. The van der Waals surface area contributed by atoms with E-state index in [4.69, 9.17) is 4.74 Å². The van der Waals surface area contributed by atoms with Crippen molar-refractivity contribution in [3.8, 4) is 5.75 Å². The highest BCUT2D eigenvalue weighted by atomic mass is 19.1. The van der Waals surface area contributed by atoms with Gasteiger partial charge in [0.2, 0.25) is 0 Å². The largest absolute Gasteiger partial charge is 0.491 e. The lowest BCUT2D eigenvalue weighted by Crippen LogP contribution is -2.06. The lowest BCUT2D eigenvalue weighted by atomic mass is 10.0. The van der Waals surface area contributed by atoms with E-state index in [-0.39, 0.29) is 6.10 Å². The number of aliphatic hydroxyl groups is 1. The van der Waals surface area contributed by atoms with Crippen LogP contribution in [0.5, 0.6) is 5.75 Å². The zero-order chi connectivity index (χ0) is 13.8. The summed E-state index contributed by atoms with van der Waals surface area (Å²) in [4.78, 5) is 3.74. The van der Waals surface area contributed by atoms with Crippen LogP contribution in [0, 0.1) is 5.82 Å². The van der Waals surface area contributed by atoms with Crippen molar-refractivity contribution in [3.63, 3.8) is 0 Å². The minimum atomic E-state index is -0.918. The summed E-state index contributed by atoms with van der Waals surface area (Å²) in [5.74, 6) is 0.210. The van der Waals surface area contributed by atoms with E-state index in [1.807, 2.05) is 19.9 Å². The molecule has 3 nitrogen and oxygen atoms in total. The predicted molar refractivity (Wildman–Crippen MR) is 70.5 cm³/mol. The summed E-state index contributed by atoms with van der Waals surface area (Å²) in [6, 6.07) is 8.40. The molecular formula is C15H16FNO2. The Morgan fingerprint density at radius 2 is 1.95 bits per heavy atom. The van der Waals surface area contributed by atoms with Gasteiger partial charge in [0.1, 0.15) is 17.7 Å². The highest BCUT2D eigenvalue weighted by Gasteiger charge is 2.12. The van der Waals surface area contributed by atoms with Gasteiger partial charge in [-0.25, -0.2) is 4.39 Å². The average molecular weight is 261 g/mol. The Hall–Kier alpha value is -1.94. The van der Waals surface area contributed by atoms with E-state index in [9.17, 15) is 9.50 Å². The zero-order valence-corrected chi connectivity index (χ0v) is 10.9. The highest BCUT2D eigenvalue weighted by molar-refractivity contribution is 5.34. The SMILES string of the molecule is CC(C)Oc1cccc(C(O)c2cncc(F)c2)c1. The van der Waals surface area contributed by atoms with Crippen LogP contribution in [0.3, 0.4) is 0 Å². The van der Waals surface area contributed by atoms with Crippen LogP contribution in [0.2, 0.25) is 0 Å². The second-order valence-electron chi connectivity index (χ2n) is 4.58. The van der Waals surface area contributed by atoms with Crippen LogP contribution in [0.1, 0.15) is 31.1 Å². The molecule has 1 atom stereocenters. The third-order valence-electron chi connectivity index (χ3n) is 2.59. The quantitative estimate of drug-likeness (QED) is 0.919. The summed E-state index contributed by atoms with van der Waals surface area (Å²) < 4.78 is 18.7. The Morgan fingerprint density at radius 3 is 2.63 bits per heavy atom. The number of rotatable bonds is 4. The molecule has 0 saturated carbocycles. The number of benzene rings is 1. The molecule has 0 spiro atoms. The molecule has 0 aliphatic rings. The van der Waals surface area contributed by atoms with Crippen molar-refractivity contribution in [1.82, 2.24) is 4.98 Å².